The molecule has 7 heteroatoms. The Hall–Kier alpha value is -0.590. The van der Waals surface area contributed by atoms with Crippen molar-refractivity contribution in [3.8, 4) is 0 Å². The predicted octanol–water partition coefficient (Wildman–Crippen LogP) is 3.20. The second-order valence-corrected chi connectivity index (χ2v) is 8.37. The fraction of sp³-hybridized carbons (Fsp3) is 0.583. The highest BCUT2D eigenvalue weighted by atomic mass is 35.7. The van der Waals surface area contributed by atoms with Gasteiger partial charge in [0.25, 0.3) is 9.05 Å². The standard InChI is InChI=1S/C12H17ClO4S2/c1-3-4-9(2)8-17-11(14)7-10-5-6-12(18-10)19(13,15)16/h5-6,9H,3-4,7-8H2,1-2H3. The topological polar surface area (TPSA) is 60.4 Å². The van der Waals surface area contributed by atoms with Gasteiger partial charge in [0.1, 0.15) is 4.21 Å². The third kappa shape index (κ3) is 5.93. The van der Waals surface area contributed by atoms with E-state index in [0.717, 1.165) is 24.2 Å². The smallest absolute Gasteiger partial charge is 0.311 e. The summed E-state index contributed by atoms with van der Waals surface area (Å²) in [4.78, 5) is 12.2. The lowest BCUT2D eigenvalue weighted by molar-refractivity contribution is -0.144. The second kappa shape index (κ2) is 7.26. The average molecular weight is 325 g/mol. The van der Waals surface area contributed by atoms with Gasteiger partial charge in [0.05, 0.1) is 13.0 Å². The number of carbonyl (C=O) groups is 1. The van der Waals surface area contributed by atoms with Crippen LogP contribution >= 0.6 is 22.0 Å². The fourth-order valence-corrected chi connectivity index (χ4v) is 3.70. The predicted molar refractivity (Wildman–Crippen MR) is 76.1 cm³/mol. The first-order valence-corrected chi connectivity index (χ1v) is 9.14. The van der Waals surface area contributed by atoms with Crippen LogP contribution in [0.15, 0.2) is 16.3 Å². The molecule has 0 amide bonds. The minimum absolute atomic E-state index is 0.0521. The SMILES string of the molecule is CCCC(C)COC(=O)Cc1ccc(S(=O)(=O)Cl)s1. The summed E-state index contributed by atoms with van der Waals surface area (Å²) in [5.41, 5.74) is 0. The first-order chi connectivity index (χ1) is 8.82. The van der Waals surface area contributed by atoms with E-state index < -0.39 is 9.05 Å². The maximum Gasteiger partial charge on any atom is 0.311 e. The highest BCUT2D eigenvalue weighted by Gasteiger charge is 2.15. The molecule has 1 heterocycles. The maximum atomic E-state index is 11.6. The lowest BCUT2D eigenvalue weighted by Crippen LogP contribution is -2.13. The van der Waals surface area contributed by atoms with Crippen molar-refractivity contribution in [2.75, 3.05) is 6.61 Å². The molecular weight excluding hydrogens is 308 g/mol. The van der Waals surface area contributed by atoms with Gasteiger partial charge in [-0.1, -0.05) is 20.3 Å². The molecule has 0 aliphatic rings. The molecule has 0 aliphatic heterocycles. The molecule has 0 fully saturated rings. The van der Waals surface area contributed by atoms with Gasteiger partial charge in [-0.15, -0.1) is 11.3 Å². The van der Waals surface area contributed by atoms with Crippen molar-refractivity contribution < 1.29 is 17.9 Å². The van der Waals surface area contributed by atoms with Crippen LogP contribution in [0.2, 0.25) is 0 Å². The maximum absolute atomic E-state index is 11.6. The third-order valence-electron chi connectivity index (χ3n) is 2.51. The summed E-state index contributed by atoms with van der Waals surface area (Å²) >= 11 is 0.992. The van der Waals surface area contributed by atoms with E-state index in [2.05, 4.69) is 6.92 Å². The van der Waals surface area contributed by atoms with Gasteiger partial charge in [0, 0.05) is 15.6 Å². The number of carbonyl (C=O) groups excluding carboxylic acids is 1. The van der Waals surface area contributed by atoms with Crippen molar-refractivity contribution in [1.29, 1.82) is 0 Å². The van der Waals surface area contributed by atoms with Crippen LogP contribution in [0.5, 0.6) is 0 Å². The summed E-state index contributed by atoms with van der Waals surface area (Å²) in [5.74, 6) is -0.000565. The summed E-state index contributed by atoms with van der Waals surface area (Å²) in [7, 11) is 1.50. The third-order valence-corrected chi connectivity index (χ3v) is 5.68. The minimum Gasteiger partial charge on any atom is -0.465 e. The Balaban J connectivity index is 2.47. The van der Waals surface area contributed by atoms with Crippen molar-refractivity contribution in [3.63, 3.8) is 0 Å². The lowest BCUT2D eigenvalue weighted by atomic mass is 10.1. The van der Waals surface area contributed by atoms with Crippen molar-refractivity contribution >= 4 is 37.0 Å². The Morgan fingerprint density at radius 3 is 2.68 bits per heavy atom. The molecule has 0 bridgehead atoms. The molecule has 4 nitrogen and oxygen atoms in total. The molecule has 108 valence electrons. The molecule has 0 radical (unpaired) electrons. The van der Waals surface area contributed by atoms with Crippen LogP contribution in [0, 0.1) is 5.92 Å². The summed E-state index contributed by atoms with van der Waals surface area (Å²) in [6.07, 6.45) is 2.15. The summed E-state index contributed by atoms with van der Waals surface area (Å²) < 4.78 is 27.3. The van der Waals surface area contributed by atoms with Crippen LogP contribution in [-0.2, 0) is 25.0 Å². The Kier molecular flexibility index (Phi) is 6.29. The zero-order valence-corrected chi connectivity index (χ0v) is 13.3. The van der Waals surface area contributed by atoms with Crippen LogP contribution in [0.4, 0.5) is 0 Å². The molecule has 0 N–H and O–H groups in total. The summed E-state index contributed by atoms with van der Waals surface area (Å²) in [5, 5.41) is 0. The zero-order chi connectivity index (χ0) is 14.5. The van der Waals surface area contributed by atoms with Crippen molar-refractivity contribution in [2.45, 2.75) is 37.3 Å². The van der Waals surface area contributed by atoms with Gasteiger partial charge < -0.3 is 4.74 Å². The molecule has 1 aromatic heterocycles. The molecule has 1 aromatic rings. The van der Waals surface area contributed by atoms with E-state index in [0.29, 0.717) is 17.4 Å². The lowest BCUT2D eigenvalue weighted by Gasteiger charge is -2.10. The van der Waals surface area contributed by atoms with Crippen LogP contribution in [-0.4, -0.2) is 21.0 Å². The number of esters is 1. The van der Waals surface area contributed by atoms with Crippen LogP contribution in [0.25, 0.3) is 0 Å². The van der Waals surface area contributed by atoms with Crippen molar-refractivity contribution in [2.24, 2.45) is 5.92 Å². The Bertz CT molecular complexity index is 522. The molecule has 1 atom stereocenters. The molecule has 0 aliphatic carbocycles. The van der Waals surface area contributed by atoms with E-state index in [4.69, 9.17) is 15.4 Å². The molecule has 1 rings (SSSR count). The van der Waals surface area contributed by atoms with Crippen LogP contribution < -0.4 is 0 Å². The van der Waals surface area contributed by atoms with E-state index in [9.17, 15) is 13.2 Å². The normalized spacial score (nSPS) is 13.2. The van der Waals surface area contributed by atoms with E-state index in [1.54, 1.807) is 6.07 Å². The number of rotatable bonds is 7. The second-order valence-electron chi connectivity index (χ2n) is 4.41. The number of hydrogen-bond acceptors (Lipinski definition) is 5. The molecule has 0 saturated heterocycles. The molecular formula is C12H17ClO4S2. The average Bonchev–Trinajstić information content (AvgIpc) is 2.75. The highest BCUT2D eigenvalue weighted by molar-refractivity contribution is 8.15. The summed E-state index contributed by atoms with van der Waals surface area (Å²) in [6, 6.07) is 2.98. The van der Waals surface area contributed by atoms with E-state index in [1.807, 2.05) is 6.92 Å². The minimum atomic E-state index is -3.71. The van der Waals surface area contributed by atoms with Crippen LogP contribution in [0.1, 0.15) is 31.6 Å². The fourth-order valence-electron chi connectivity index (χ4n) is 1.59. The van der Waals surface area contributed by atoms with Crippen molar-refractivity contribution in [3.05, 3.63) is 17.0 Å². The first kappa shape index (κ1) is 16.5. The zero-order valence-electron chi connectivity index (χ0n) is 10.9. The largest absolute Gasteiger partial charge is 0.465 e. The molecule has 0 aromatic carbocycles. The highest BCUT2D eigenvalue weighted by Crippen LogP contribution is 2.25. The van der Waals surface area contributed by atoms with Gasteiger partial charge in [-0.2, -0.15) is 0 Å². The number of ether oxygens (including phenoxy) is 1. The molecule has 0 saturated carbocycles. The van der Waals surface area contributed by atoms with Crippen molar-refractivity contribution in [1.82, 2.24) is 0 Å². The van der Waals surface area contributed by atoms with Gasteiger partial charge >= 0.3 is 5.97 Å². The quantitative estimate of drug-likeness (QED) is 0.571. The Labute approximate surface area is 122 Å². The Morgan fingerprint density at radius 1 is 1.47 bits per heavy atom. The number of hydrogen-bond donors (Lipinski definition) is 0. The van der Waals surface area contributed by atoms with E-state index >= 15 is 0 Å². The van der Waals surface area contributed by atoms with Gasteiger partial charge in [-0.05, 0) is 24.5 Å². The molecule has 0 spiro atoms. The van der Waals surface area contributed by atoms with Gasteiger partial charge in [0.15, 0.2) is 0 Å². The van der Waals surface area contributed by atoms with E-state index in [-0.39, 0.29) is 16.6 Å². The Morgan fingerprint density at radius 2 is 2.16 bits per heavy atom. The first-order valence-electron chi connectivity index (χ1n) is 6.02. The summed E-state index contributed by atoms with van der Waals surface area (Å²) in [6.45, 7) is 4.51. The van der Waals surface area contributed by atoms with E-state index in [1.165, 1.54) is 6.07 Å². The number of halogens is 1. The van der Waals surface area contributed by atoms with Crippen LogP contribution in [0.3, 0.4) is 0 Å². The number of thiophene rings is 1. The molecule has 1 unspecified atom stereocenters. The monoisotopic (exact) mass is 324 g/mol. The molecule has 19 heavy (non-hydrogen) atoms. The van der Waals surface area contributed by atoms with Gasteiger partial charge in [-0.3, -0.25) is 4.79 Å². The van der Waals surface area contributed by atoms with Gasteiger partial charge in [-0.25, -0.2) is 8.42 Å². The van der Waals surface area contributed by atoms with Gasteiger partial charge in [0.2, 0.25) is 0 Å².